The molecule has 1 heteroatoms. The first-order chi connectivity index (χ1) is 7.27. The highest BCUT2D eigenvalue weighted by atomic mass is 14.9. The average molecular weight is 199 g/mol. The predicted molar refractivity (Wildman–Crippen MR) is 67.8 cm³/mol. The Morgan fingerprint density at radius 2 is 1.93 bits per heavy atom. The van der Waals surface area contributed by atoms with E-state index in [-0.39, 0.29) is 0 Å². The standard InChI is InChI=1S/C14H17N/c1-4-9-14(12(3)5-2)15-13-10-7-6-8-11-13/h4-11,15H,1H2,2-3H3/b12-5-,14-9+. The molecule has 78 valence electrons. The summed E-state index contributed by atoms with van der Waals surface area (Å²) in [4.78, 5) is 0. The summed E-state index contributed by atoms with van der Waals surface area (Å²) in [6.45, 7) is 7.82. The van der Waals surface area contributed by atoms with Gasteiger partial charge >= 0.3 is 0 Å². The third kappa shape index (κ3) is 3.47. The van der Waals surface area contributed by atoms with Crippen molar-refractivity contribution in [3.8, 4) is 0 Å². The van der Waals surface area contributed by atoms with Crippen molar-refractivity contribution < 1.29 is 0 Å². The minimum Gasteiger partial charge on any atom is -0.355 e. The molecule has 1 N–H and O–H groups in total. The molecule has 0 aliphatic rings. The van der Waals surface area contributed by atoms with Crippen LogP contribution in [0.3, 0.4) is 0 Å². The summed E-state index contributed by atoms with van der Waals surface area (Å²) in [6, 6.07) is 10.1. The van der Waals surface area contributed by atoms with Crippen LogP contribution in [0.4, 0.5) is 5.69 Å². The van der Waals surface area contributed by atoms with E-state index in [1.165, 1.54) is 5.57 Å². The molecule has 0 saturated carbocycles. The number of rotatable bonds is 4. The Labute approximate surface area is 91.8 Å². The third-order valence-electron chi connectivity index (χ3n) is 2.20. The van der Waals surface area contributed by atoms with Gasteiger partial charge in [-0.3, -0.25) is 0 Å². The quantitative estimate of drug-likeness (QED) is 0.719. The van der Waals surface area contributed by atoms with Crippen LogP contribution in [0, 0.1) is 0 Å². The number of anilines is 1. The maximum absolute atomic E-state index is 3.72. The molecule has 0 aliphatic heterocycles. The Morgan fingerprint density at radius 1 is 1.27 bits per heavy atom. The largest absolute Gasteiger partial charge is 0.355 e. The number of benzene rings is 1. The minimum absolute atomic E-state index is 1.08. The molecule has 0 aromatic heterocycles. The first-order valence-corrected chi connectivity index (χ1v) is 5.06. The van der Waals surface area contributed by atoms with Gasteiger partial charge in [-0.1, -0.05) is 36.9 Å². The molecule has 0 unspecified atom stereocenters. The topological polar surface area (TPSA) is 12.0 Å². The summed E-state index contributed by atoms with van der Waals surface area (Å²) < 4.78 is 0. The molecule has 0 spiro atoms. The molecule has 0 heterocycles. The van der Waals surface area contributed by atoms with Crippen LogP contribution in [-0.4, -0.2) is 0 Å². The molecule has 0 fully saturated rings. The van der Waals surface area contributed by atoms with E-state index in [1.54, 1.807) is 6.08 Å². The summed E-state index contributed by atoms with van der Waals surface area (Å²) in [5.74, 6) is 0. The van der Waals surface area contributed by atoms with Gasteiger partial charge in [-0.25, -0.2) is 0 Å². The van der Waals surface area contributed by atoms with E-state index in [2.05, 4.69) is 24.9 Å². The molecule has 1 rings (SSSR count). The molecule has 1 aromatic carbocycles. The molecule has 0 amide bonds. The first-order valence-electron chi connectivity index (χ1n) is 5.06. The van der Waals surface area contributed by atoms with Crippen LogP contribution in [0.5, 0.6) is 0 Å². The smallest absolute Gasteiger partial charge is 0.0410 e. The zero-order chi connectivity index (χ0) is 11.1. The molecule has 0 atom stereocenters. The van der Waals surface area contributed by atoms with Gasteiger partial charge in [0.05, 0.1) is 0 Å². The van der Waals surface area contributed by atoms with Crippen molar-refractivity contribution in [2.75, 3.05) is 5.32 Å². The maximum Gasteiger partial charge on any atom is 0.0410 e. The highest BCUT2D eigenvalue weighted by molar-refractivity contribution is 5.53. The van der Waals surface area contributed by atoms with Crippen molar-refractivity contribution in [2.45, 2.75) is 13.8 Å². The Bertz CT molecular complexity index is 372. The number of hydrogen-bond donors (Lipinski definition) is 1. The van der Waals surface area contributed by atoms with Gasteiger partial charge in [-0.05, 0) is 37.6 Å². The van der Waals surface area contributed by atoms with Crippen LogP contribution in [-0.2, 0) is 0 Å². The lowest BCUT2D eigenvalue weighted by molar-refractivity contribution is 1.32. The van der Waals surface area contributed by atoms with Crippen LogP contribution < -0.4 is 5.32 Å². The summed E-state index contributed by atoms with van der Waals surface area (Å²) in [5, 5.41) is 3.35. The lowest BCUT2D eigenvalue weighted by Crippen LogP contribution is -2.00. The number of allylic oxidation sites excluding steroid dienone is 4. The normalized spacial score (nSPS) is 12.4. The number of hydrogen-bond acceptors (Lipinski definition) is 1. The summed E-state index contributed by atoms with van der Waals surface area (Å²) in [5.41, 5.74) is 3.38. The SMILES string of the molecule is C=C/C=C(Nc1ccccc1)\C(C)=C/C. The number of para-hydroxylation sites is 1. The monoisotopic (exact) mass is 199 g/mol. The Hall–Kier alpha value is -1.76. The summed E-state index contributed by atoms with van der Waals surface area (Å²) in [6.07, 6.45) is 5.84. The fraction of sp³-hybridized carbons (Fsp3) is 0.143. The second-order valence-electron chi connectivity index (χ2n) is 3.28. The van der Waals surface area contributed by atoms with Crippen LogP contribution in [0.15, 0.2) is 66.4 Å². The first kappa shape index (κ1) is 11.3. The van der Waals surface area contributed by atoms with E-state index in [1.807, 2.05) is 43.3 Å². The number of nitrogens with one attached hydrogen (secondary N) is 1. The molecule has 15 heavy (non-hydrogen) atoms. The fourth-order valence-electron chi connectivity index (χ4n) is 1.22. The summed E-state index contributed by atoms with van der Waals surface area (Å²) in [7, 11) is 0. The predicted octanol–water partition coefficient (Wildman–Crippen LogP) is 4.13. The van der Waals surface area contributed by atoms with Crippen LogP contribution in [0.2, 0.25) is 0 Å². The lowest BCUT2D eigenvalue weighted by atomic mass is 10.2. The van der Waals surface area contributed by atoms with E-state index >= 15 is 0 Å². The van der Waals surface area contributed by atoms with Crippen molar-refractivity contribution in [3.05, 3.63) is 66.4 Å². The van der Waals surface area contributed by atoms with Crippen molar-refractivity contribution >= 4 is 5.69 Å². The highest BCUT2D eigenvalue weighted by Crippen LogP contribution is 2.14. The molecule has 1 aromatic rings. The maximum atomic E-state index is 3.72. The summed E-state index contributed by atoms with van der Waals surface area (Å²) >= 11 is 0. The van der Waals surface area contributed by atoms with E-state index < -0.39 is 0 Å². The zero-order valence-corrected chi connectivity index (χ0v) is 9.33. The molecular formula is C14H17N. The van der Waals surface area contributed by atoms with E-state index in [0.717, 1.165) is 11.4 Å². The van der Waals surface area contributed by atoms with Crippen molar-refractivity contribution in [3.63, 3.8) is 0 Å². The van der Waals surface area contributed by atoms with Crippen molar-refractivity contribution in [1.29, 1.82) is 0 Å². The third-order valence-corrected chi connectivity index (χ3v) is 2.20. The van der Waals surface area contributed by atoms with Gasteiger partial charge in [0.15, 0.2) is 0 Å². The Morgan fingerprint density at radius 3 is 2.47 bits per heavy atom. The van der Waals surface area contributed by atoms with Gasteiger partial charge < -0.3 is 5.32 Å². The Balaban J connectivity index is 2.86. The van der Waals surface area contributed by atoms with E-state index in [0.29, 0.717) is 0 Å². The van der Waals surface area contributed by atoms with Gasteiger partial charge in [-0.2, -0.15) is 0 Å². The molecule has 0 aliphatic carbocycles. The van der Waals surface area contributed by atoms with Gasteiger partial charge in [0.25, 0.3) is 0 Å². The van der Waals surface area contributed by atoms with Crippen molar-refractivity contribution in [2.24, 2.45) is 0 Å². The molecule has 0 radical (unpaired) electrons. The highest BCUT2D eigenvalue weighted by Gasteiger charge is 1.97. The Kier molecular flexibility index (Phi) is 4.42. The van der Waals surface area contributed by atoms with Gasteiger partial charge in [0, 0.05) is 11.4 Å². The van der Waals surface area contributed by atoms with Gasteiger partial charge in [0.2, 0.25) is 0 Å². The van der Waals surface area contributed by atoms with Crippen LogP contribution in [0.1, 0.15) is 13.8 Å². The van der Waals surface area contributed by atoms with Crippen molar-refractivity contribution in [1.82, 2.24) is 0 Å². The van der Waals surface area contributed by atoms with Gasteiger partial charge in [-0.15, -0.1) is 0 Å². The minimum atomic E-state index is 1.08. The lowest BCUT2D eigenvalue weighted by Gasteiger charge is -2.10. The molecular weight excluding hydrogens is 182 g/mol. The fourth-order valence-corrected chi connectivity index (χ4v) is 1.22. The second-order valence-corrected chi connectivity index (χ2v) is 3.28. The second kappa shape index (κ2) is 5.86. The molecule has 0 bridgehead atoms. The molecule has 1 nitrogen and oxygen atoms in total. The van der Waals surface area contributed by atoms with Crippen LogP contribution >= 0.6 is 0 Å². The van der Waals surface area contributed by atoms with E-state index in [4.69, 9.17) is 0 Å². The van der Waals surface area contributed by atoms with E-state index in [9.17, 15) is 0 Å². The average Bonchev–Trinajstić information content (AvgIpc) is 2.29. The zero-order valence-electron chi connectivity index (χ0n) is 9.33. The molecule has 0 saturated heterocycles. The van der Waals surface area contributed by atoms with Gasteiger partial charge in [0.1, 0.15) is 0 Å². The van der Waals surface area contributed by atoms with Crippen LogP contribution in [0.25, 0.3) is 0 Å².